The highest BCUT2D eigenvalue weighted by atomic mass is 35.5. The van der Waals surface area contributed by atoms with Gasteiger partial charge in [0.2, 0.25) is 0 Å². The number of methoxy groups -OCH3 is 2. The summed E-state index contributed by atoms with van der Waals surface area (Å²) in [6.45, 7) is 3.05. The summed E-state index contributed by atoms with van der Waals surface area (Å²) >= 11 is 11.3. The Balaban J connectivity index is 2.38. The number of rotatable bonds is 14. The molecular formula is C17H29ClNO6PS. The van der Waals surface area contributed by atoms with Crippen LogP contribution in [-0.2, 0) is 30.5 Å². The molecule has 0 aliphatic carbocycles. The maximum absolute atomic E-state index is 10.1. The zero-order chi connectivity index (χ0) is 20.3. The molecule has 1 aromatic rings. The van der Waals surface area contributed by atoms with Gasteiger partial charge in [-0.1, -0.05) is 18.5 Å². The third-order valence-corrected chi connectivity index (χ3v) is 5.66. The summed E-state index contributed by atoms with van der Waals surface area (Å²) in [7, 11) is 3.08. The van der Waals surface area contributed by atoms with Crippen LogP contribution < -0.4 is 9.82 Å². The minimum Gasteiger partial charge on any atom is -0.491 e. The van der Waals surface area contributed by atoms with Crippen molar-refractivity contribution in [3.63, 3.8) is 0 Å². The number of ether oxygens (including phenoxy) is 4. The normalized spacial score (nSPS) is 14.9. The smallest absolute Gasteiger partial charge is 0.258 e. The van der Waals surface area contributed by atoms with Crippen LogP contribution in [-0.4, -0.2) is 52.1 Å². The van der Waals surface area contributed by atoms with Crippen molar-refractivity contribution < 1.29 is 28.4 Å². The van der Waals surface area contributed by atoms with Gasteiger partial charge in [-0.25, -0.2) is 5.09 Å². The van der Waals surface area contributed by atoms with Gasteiger partial charge in [-0.3, -0.25) is 0 Å². The molecule has 1 aromatic carbocycles. The molecule has 0 aliphatic heterocycles. The van der Waals surface area contributed by atoms with Crippen molar-refractivity contribution in [2.45, 2.75) is 20.1 Å². The number of benzene rings is 1. The molecule has 10 heteroatoms. The molecule has 7 nitrogen and oxygen atoms in total. The zero-order valence-corrected chi connectivity index (χ0v) is 18.6. The average Bonchev–Trinajstić information content (AvgIpc) is 2.64. The SMILES string of the molecule is CCOCC(C)CNP(O)(=S)OCCOc1ccc(C(OC)OC)c(Cl)c1. The molecule has 27 heavy (non-hydrogen) atoms. The van der Waals surface area contributed by atoms with Gasteiger partial charge >= 0.3 is 0 Å². The predicted molar refractivity (Wildman–Crippen MR) is 110 cm³/mol. The van der Waals surface area contributed by atoms with E-state index in [-0.39, 0.29) is 19.1 Å². The molecule has 0 heterocycles. The van der Waals surface area contributed by atoms with Gasteiger partial charge in [-0.2, -0.15) is 0 Å². The number of nitrogens with one attached hydrogen (secondary N) is 1. The Labute approximate surface area is 171 Å². The second kappa shape index (κ2) is 13.0. The highest BCUT2D eigenvalue weighted by Crippen LogP contribution is 2.37. The first-order chi connectivity index (χ1) is 12.8. The van der Waals surface area contributed by atoms with E-state index in [0.29, 0.717) is 36.1 Å². The number of halogens is 1. The van der Waals surface area contributed by atoms with Crippen molar-refractivity contribution in [3.05, 3.63) is 28.8 Å². The predicted octanol–water partition coefficient (Wildman–Crippen LogP) is 3.51. The van der Waals surface area contributed by atoms with Crippen LogP contribution >= 0.6 is 18.2 Å². The zero-order valence-electron chi connectivity index (χ0n) is 16.1. The van der Waals surface area contributed by atoms with Crippen LogP contribution in [0.1, 0.15) is 25.7 Å². The molecule has 0 amide bonds. The maximum atomic E-state index is 10.1. The van der Waals surface area contributed by atoms with E-state index in [1.54, 1.807) is 18.2 Å². The van der Waals surface area contributed by atoms with Crippen LogP contribution in [0.3, 0.4) is 0 Å². The Morgan fingerprint density at radius 1 is 1.26 bits per heavy atom. The molecule has 0 aromatic heterocycles. The maximum Gasteiger partial charge on any atom is 0.258 e. The summed E-state index contributed by atoms with van der Waals surface area (Å²) < 4.78 is 26.6. The first kappa shape index (κ1) is 24.8. The second-order valence-corrected chi connectivity index (χ2v) is 9.32. The Hall–Kier alpha value is -0.280. The molecule has 2 N–H and O–H groups in total. The second-order valence-electron chi connectivity index (χ2n) is 5.82. The fourth-order valence-corrected chi connectivity index (χ4v) is 3.82. The van der Waals surface area contributed by atoms with E-state index in [2.05, 4.69) is 5.09 Å². The van der Waals surface area contributed by atoms with Crippen LogP contribution in [0, 0.1) is 5.92 Å². The third-order valence-electron chi connectivity index (χ3n) is 3.52. The molecule has 0 radical (unpaired) electrons. The summed E-state index contributed by atoms with van der Waals surface area (Å²) in [5.74, 6) is 0.797. The summed E-state index contributed by atoms with van der Waals surface area (Å²) in [5, 5.41) is 3.35. The molecule has 0 saturated heterocycles. The van der Waals surface area contributed by atoms with Gasteiger partial charge in [0.1, 0.15) is 12.4 Å². The molecule has 1 rings (SSSR count). The van der Waals surface area contributed by atoms with Crippen molar-refractivity contribution in [3.8, 4) is 5.75 Å². The molecule has 0 aliphatic rings. The lowest BCUT2D eigenvalue weighted by atomic mass is 10.2. The topological polar surface area (TPSA) is 78.4 Å². The number of hydrogen-bond acceptors (Lipinski definition) is 6. The summed E-state index contributed by atoms with van der Waals surface area (Å²) in [6.07, 6.45) is -0.536. The summed E-state index contributed by atoms with van der Waals surface area (Å²) in [6, 6.07) is 5.20. The quantitative estimate of drug-likeness (QED) is 0.258. The lowest BCUT2D eigenvalue weighted by Crippen LogP contribution is -2.23. The first-order valence-electron chi connectivity index (χ1n) is 8.61. The first-order valence-corrected chi connectivity index (χ1v) is 11.7. The lowest BCUT2D eigenvalue weighted by molar-refractivity contribution is -0.105. The van der Waals surface area contributed by atoms with Crippen LogP contribution in [0.2, 0.25) is 5.02 Å². The van der Waals surface area contributed by atoms with E-state index in [1.807, 2.05) is 13.8 Å². The Kier molecular flexibility index (Phi) is 12.0. The van der Waals surface area contributed by atoms with E-state index in [0.717, 1.165) is 0 Å². The molecule has 0 bridgehead atoms. The number of hydrogen-bond donors (Lipinski definition) is 2. The van der Waals surface area contributed by atoms with Gasteiger partial charge in [0, 0.05) is 32.9 Å². The average molecular weight is 442 g/mol. The summed E-state index contributed by atoms with van der Waals surface area (Å²) in [4.78, 5) is 10.1. The highest BCUT2D eigenvalue weighted by Gasteiger charge is 2.16. The van der Waals surface area contributed by atoms with Crippen molar-refractivity contribution in [2.24, 2.45) is 5.92 Å². The highest BCUT2D eigenvalue weighted by molar-refractivity contribution is 8.08. The minimum atomic E-state index is -3.05. The Bertz CT molecular complexity index is 605. The molecule has 2 unspecified atom stereocenters. The summed E-state index contributed by atoms with van der Waals surface area (Å²) in [5.41, 5.74) is 0.710. The monoisotopic (exact) mass is 441 g/mol. The molecule has 156 valence electrons. The van der Waals surface area contributed by atoms with Crippen LogP contribution in [0.5, 0.6) is 5.75 Å². The van der Waals surface area contributed by atoms with Crippen molar-refractivity contribution >= 4 is 30.1 Å². The van der Waals surface area contributed by atoms with Crippen LogP contribution in [0.4, 0.5) is 0 Å². The van der Waals surface area contributed by atoms with Gasteiger partial charge < -0.3 is 28.4 Å². The minimum absolute atomic E-state index is 0.152. The molecule has 0 spiro atoms. The van der Waals surface area contributed by atoms with Crippen LogP contribution in [0.25, 0.3) is 0 Å². The van der Waals surface area contributed by atoms with E-state index >= 15 is 0 Å². The van der Waals surface area contributed by atoms with E-state index in [9.17, 15) is 4.89 Å². The standard InChI is InChI=1S/C17H29ClNO6PS/c1-5-23-12-13(2)11-19-26(20,27)25-9-8-24-14-6-7-15(16(18)10-14)17(21-3)22-4/h6-7,10,13,17H,5,8-9,11-12H2,1-4H3,(H2,19,20,27). The van der Waals surface area contributed by atoms with Gasteiger partial charge in [0.25, 0.3) is 6.64 Å². The fourth-order valence-electron chi connectivity index (χ4n) is 2.15. The molecule has 0 fully saturated rings. The fraction of sp³-hybridized carbons (Fsp3) is 0.647. The van der Waals surface area contributed by atoms with E-state index in [4.69, 9.17) is 46.9 Å². The van der Waals surface area contributed by atoms with Crippen molar-refractivity contribution in [1.29, 1.82) is 0 Å². The van der Waals surface area contributed by atoms with Gasteiger partial charge in [-0.15, -0.1) is 0 Å². The molecule has 2 atom stereocenters. The van der Waals surface area contributed by atoms with Crippen LogP contribution in [0.15, 0.2) is 18.2 Å². The third kappa shape index (κ3) is 9.65. The van der Waals surface area contributed by atoms with E-state index < -0.39 is 12.9 Å². The largest absolute Gasteiger partial charge is 0.491 e. The Morgan fingerprint density at radius 2 is 1.96 bits per heavy atom. The molecular weight excluding hydrogens is 413 g/mol. The Morgan fingerprint density at radius 3 is 2.56 bits per heavy atom. The van der Waals surface area contributed by atoms with E-state index in [1.165, 1.54) is 14.2 Å². The van der Waals surface area contributed by atoms with Crippen molar-refractivity contribution in [2.75, 3.05) is 47.2 Å². The van der Waals surface area contributed by atoms with Gasteiger partial charge in [0.05, 0.1) is 18.2 Å². The molecule has 0 saturated carbocycles. The van der Waals surface area contributed by atoms with Gasteiger partial charge in [-0.05, 0) is 42.8 Å². The van der Waals surface area contributed by atoms with Crippen molar-refractivity contribution in [1.82, 2.24) is 5.09 Å². The van der Waals surface area contributed by atoms with Gasteiger partial charge in [0.15, 0.2) is 6.29 Å². The lowest BCUT2D eigenvalue weighted by Gasteiger charge is -2.20.